The number of carbonyl (C=O) groups excluding carboxylic acids is 1. The minimum atomic E-state index is -0.125. The lowest BCUT2D eigenvalue weighted by Gasteiger charge is -2.08. The van der Waals surface area contributed by atoms with E-state index in [0.29, 0.717) is 17.2 Å². The van der Waals surface area contributed by atoms with Gasteiger partial charge in [-0.2, -0.15) is 0 Å². The third-order valence-corrected chi connectivity index (χ3v) is 2.22. The number of anilines is 1. The molecule has 17 heavy (non-hydrogen) atoms. The molecule has 1 aromatic heterocycles. The van der Waals surface area contributed by atoms with Crippen molar-refractivity contribution in [1.29, 1.82) is 0 Å². The summed E-state index contributed by atoms with van der Waals surface area (Å²) in [5, 5.41) is 2.69. The van der Waals surface area contributed by atoms with Crippen molar-refractivity contribution in [2.24, 2.45) is 0 Å². The average molecular weight is 232 g/mol. The number of rotatable bonds is 3. The molecule has 0 fully saturated rings. The van der Waals surface area contributed by atoms with Crippen LogP contribution in [0.3, 0.4) is 0 Å². The van der Waals surface area contributed by atoms with Gasteiger partial charge >= 0.3 is 0 Å². The number of hydrogen-bond donors (Lipinski definition) is 1. The van der Waals surface area contributed by atoms with E-state index in [1.807, 2.05) is 6.07 Å². The van der Waals surface area contributed by atoms with Crippen molar-refractivity contribution in [3.63, 3.8) is 0 Å². The van der Waals surface area contributed by atoms with E-state index in [1.54, 1.807) is 25.4 Å². The summed E-state index contributed by atoms with van der Waals surface area (Å²) in [6.45, 7) is 1.46. The van der Waals surface area contributed by atoms with Gasteiger partial charge in [0.25, 0.3) is 0 Å². The van der Waals surface area contributed by atoms with Crippen molar-refractivity contribution in [2.45, 2.75) is 6.92 Å². The molecule has 0 saturated carbocycles. The van der Waals surface area contributed by atoms with Crippen LogP contribution in [0.1, 0.15) is 6.92 Å². The Kier molecular flexibility index (Phi) is 3.09. The number of hydrogen-bond acceptors (Lipinski definition) is 4. The molecule has 2 aromatic rings. The van der Waals surface area contributed by atoms with Gasteiger partial charge in [0.2, 0.25) is 5.91 Å². The highest BCUT2D eigenvalue weighted by molar-refractivity contribution is 5.89. The van der Waals surface area contributed by atoms with Crippen LogP contribution in [-0.4, -0.2) is 18.0 Å². The summed E-state index contributed by atoms with van der Waals surface area (Å²) >= 11 is 0. The van der Waals surface area contributed by atoms with E-state index >= 15 is 0 Å². The van der Waals surface area contributed by atoms with Crippen LogP contribution in [0.4, 0.5) is 5.69 Å². The van der Waals surface area contributed by atoms with Crippen LogP contribution in [0.15, 0.2) is 35.2 Å². The van der Waals surface area contributed by atoms with Crippen LogP contribution in [-0.2, 0) is 4.79 Å². The third kappa shape index (κ3) is 2.44. The first-order valence-electron chi connectivity index (χ1n) is 5.05. The van der Waals surface area contributed by atoms with Crippen LogP contribution in [0.2, 0.25) is 0 Å². The van der Waals surface area contributed by atoms with Gasteiger partial charge in [0, 0.05) is 18.7 Å². The van der Waals surface area contributed by atoms with Crippen LogP contribution in [0.25, 0.3) is 11.3 Å². The standard InChI is InChI=1S/C12H12N2O3/c1-8(15)14-9-3-4-10(11(5-9)16-2)12-6-13-7-17-12/h3-7H,1-2H3,(H,14,15). The zero-order chi connectivity index (χ0) is 12.3. The lowest BCUT2D eigenvalue weighted by atomic mass is 10.1. The molecule has 0 aliphatic heterocycles. The van der Waals surface area contributed by atoms with E-state index in [1.165, 1.54) is 13.3 Å². The number of benzene rings is 1. The third-order valence-electron chi connectivity index (χ3n) is 2.22. The first-order valence-corrected chi connectivity index (χ1v) is 5.05. The number of amides is 1. The summed E-state index contributed by atoms with van der Waals surface area (Å²) < 4.78 is 10.5. The van der Waals surface area contributed by atoms with Crippen molar-refractivity contribution in [3.05, 3.63) is 30.8 Å². The van der Waals surface area contributed by atoms with Crippen LogP contribution < -0.4 is 10.1 Å². The smallest absolute Gasteiger partial charge is 0.221 e. The summed E-state index contributed by atoms with van der Waals surface area (Å²) in [6, 6.07) is 5.33. The minimum absolute atomic E-state index is 0.125. The van der Waals surface area contributed by atoms with Crippen LogP contribution in [0.5, 0.6) is 5.75 Å². The molecule has 5 heteroatoms. The van der Waals surface area contributed by atoms with Crippen molar-refractivity contribution in [3.8, 4) is 17.1 Å². The van der Waals surface area contributed by atoms with Gasteiger partial charge in [0.05, 0.1) is 18.9 Å². The maximum absolute atomic E-state index is 10.9. The van der Waals surface area contributed by atoms with Gasteiger partial charge in [-0.15, -0.1) is 0 Å². The summed E-state index contributed by atoms with van der Waals surface area (Å²) in [5.74, 6) is 1.11. The molecule has 88 valence electrons. The maximum Gasteiger partial charge on any atom is 0.221 e. The van der Waals surface area contributed by atoms with E-state index in [2.05, 4.69) is 10.3 Å². The molecule has 1 N–H and O–H groups in total. The molecule has 1 heterocycles. The monoisotopic (exact) mass is 232 g/mol. The molecule has 0 radical (unpaired) electrons. The molecule has 0 aliphatic carbocycles. The van der Waals surface area contributed by atoms with E-state index in [-0.39, 0.29) is 5.91 Å². The second-order valence-corrected chi connectivity index (χ2v) is 3.46. The summed E-state index contributed by atoms with van der Waals surface area (Å²) in [4.78, 5) is 14.8. The lowest BCUT2D eigenvalue weighted by molar-refractivity contribution is -0.114. The van der Waals surface area contributed by atoms with E-state index < -0.39 is 0 Å². The normalized spacial score (nSPS) is 10.0. The molecule has 0 spiro atoms. The predicted molar refractivity (Wildman–Crippen MR) is 62.8 cm³/mol. The zero-order valence-corrected chi connectivity index (χ0v) is 9.56. The average Bonchev–Trinajstić information content (AvgIpc) is 2.81. The van der Waals surface area contributed by atoms with Gasteiger partial charge in [0.1, 0.15) is 5.75 Å². The Balaban J connectivity index is 2.38. The molecule has 1 amide bonds. The minimum Gasteiger partial charge on any atom is -0.496 e. The van der Waals surface area contributed by atoms with Gasteiger partial charge in [-0.25, -0.2) is 4.98 Å². The lowest BCUT2D eigenvalue weighted by Crippen LogP contribution is -2.05. The topological polar surface area (TPSA) is 64.4 Å². The van der Waals surface area contributed by atoms with Gasteiger partial charge in [-0.3, -0.25) is 4.79 Å². The maximum atomic E-state index is 10.9. The Morgan fingerprint density at radius 1 is 1.47 bits per heavy atom. The van der Waals surface area contributed by atoms with Gasteiger partial charge in [-0.1, -0.05) is 0 Å². The highest BCUT2D eigenvalue weighted by atomic mass is 16.5. The molecule has 2 rings (SSSR count). The molecule has 0 atom stereocenters. The second-order valence-electron chi connectivity index (χ2n) is 3.46. The summed E-state index contributed by atoms with van der Waals surface area (Å²) in [6.07, 6.45) is 2.96. The number of methoxy groups -OCH3 is 1. The predicted octanol–water partition coefficient (Wildman–Crippen LogP) is 2.31. The van der Waals surface area contributed by atoms with Crippen molar-refractivity contribution >= 4 is 11.6 Å². The molecular weight excluding hydrogens is 220 g/mol. The Morgan fingerprint density at radius 3 is 2.88 bits per heavy atom. The first kappa shape index (κ1) is 11.2. The van der Waals surface area contributed by atoms with E-state index in [0.717, 1.165) is 5.56 Å². The van der Waals surface area contributed by atoms with Crippen molar-refractivity contribution < 1.29 is 13.9 Å². The van der Waals surface area contributed by atoms with Crippen molar-refractivity contribution in [1.82, 2.24) is 4.98 Å². The molecular formula is C12H12N2O3. The molecule has 0 unspecified atom stereocenters. The van der Waals surface area contributed by atoms with Gasteiger partial charge < -0.3 is 14.5 Å². The van der Waals surface area contributed by atoms with Gasteiger partial charge in [0.15, 0.2) is 12.2 Å². The SMILES string of the molecule is COc1cc(NC(C)=O)ccc1-c1cnco1. The first-order chi connectivity index (χ1) is 8.20. The Labute approximate surface area is 98.4 Å². The number of carbonyl (C=O) groups is 1. The number of aromatic nitrogens is 1. The largest absolute Gasteiger partial charge is 0.496 e. The zero-order valence-electron chi connectivity index (χ0n) is 9.56. The molecule has 1 aromatic carbocycles. The van der Waals surface area contributed by atoms with Crippen molar-refractivity contribution in [2.75, 3.05) is 12.4 Å². The quantitative estimate of drug-likeness (QED) is 0.881. The molecule has 0 aliphatic rings. The van der Waals surface area contributed by atoms with Crippen LogP contribution in [0, 0.1) is 0 Å². The van der Waals surface area contributed by atoms with Gasteiger partial charge in [-0.05, 0) is 12.1 Å². The fourth-order valence-electron chi connectivity index (χ4n) is 1.52. The number of nitrogens with zero attached hydrogens (tertiary/aromatic N) is 1. The molecule has 5 nitrogen and oxygen atoms in total. The Hall–Kier alpha value is -2.30. The molecule has 0 bridgehead atoms. The molecule has 0 saturated heterocycles. The highest BCUT2D eigenvalue weighted by Crippen LogP contribution is 2.32. The number of nitrogens with one attached hydrogen (secondary N) is 1. The number of ether oxygens (including phenoxy) is 1. The van der Waals surface area contributed by atoms with Crippen LogP contribution >= 0.6 is 0 Å². The van der Waals surface area contributed by atoms with E-state index in [4.69, 9.17) is 9.15 Å². The number of oxazole rings is 1. The highest BCUT2D eigenvalue weighted by Gasteiger charge is 2.10. The fourth-order valence-corrected chi connectivity index (χ4v) is 1.52. The Bertz CT molecular complexity index is 521. The Morgan fingerprint density at radius 2 is 2.29 bits per heavy atom. The second kappa shape index (κ2) is 4.69. The van der Waals surface area contributed by atoms with E-state index in [9.17, 15) is 4.79 Å². The summed E-state index contributed by atoms with van der Waals surface area (Å²) in [7, 11) is 1.56. The summed E-state index contributed by atoms with van der Waals surface area (Å²) in [5.41, 5.74) is 1.47. The fraction of sp³-hybridized carbons (Fsp3) is 0.167.